The third-order valence-corrected chi connectivity index (χ3v) is 7.77. The molecule has 7 nitrogen and oxygen atoms in total. The standard InChI is InChI=1S/C30H50FN3O4/c1-29(2,3)18-24(19-32-4)33-28(35)34-16-9-10-23(20-34)30(36,15-6-7-17-37-5)25-11-8-12-26(31)27(25)38-21-22-13-14-22/h8,11-12,22-24,32,36H,6-7,9-10,13-21H2,1-5H3,(H,33,35)/t23-,24+,30?/m1/s1. The highest BCUT2D eigenvalue weighted by Crippen LogP contribution is 2.45. The number of piperidine rings is 1. The van der Waals surface area contributed by atoms with Crippen molar-refractivity contribution in [2.45, 2.75) is 83.8 Å². The van der Waals surface area contributed by atoms with E-state index in [0.717, 1.165) is 44.9 Å². The fourth-order valence-corrected chi connectivity index (χ4v) is 5.66. The molecule has 216 valence electrons. The second kappa shape index (κ2) is 13.9. The number of rotatable bonds is 14. The third kappa shape index (κ3) is 8.82. The van der Waals surface area contributed by atoms with E-state index in [1.165, 1.54) is 6.07 Å². The van der Waals surface area contributed by atoms with E-state index < -0.39 is 11.4 Å². The normalized spacial score (nSPS) is 20.6. The molecule has 0 bridgehead atoms. The maximum Gasteiger partial charge on any atom is 0.317 e. The number of aliphatic hydroxyl groups is 1. The van der Waals surface area contributed by atoms with Gasteiger partial charge in [0.2, 0.25) is 0 Å². The van der Waals surface area contributed by atoms with Crippen LogP contribution in [0.3, 0.4) is 0 Å². The second-order valence-electron chi connectivity index (χ2n) is 12.5. The summed E-state index contributed by atoms with van der Waals surface area (Å²) in [6.07, 6.45) is 6.55. The minimum atomic E-state index is -1.32. The van der Waals surface area contributed by atoms with E-state index in [2.05, 4.69) is 31.4 Å². The number of para-hydroxylation sites is 1. The predicted octanol–water partition coefficient (Wildman–Crippen LogP) is 5.06. The Hall–Kier alpha value is -1.90. The molecule has 0 aromatic heterocycles. The number of likely N-dealkylation sites (N-methyl/N-ethyl adjacent to an activating group) is 1. The quantitative estimate of drug-likeness (QED) is 0.290. The first-order valence-electron chi connectivity index (χ1n) is 14.4. The van der Waals surface area contributed by atoms with Gasteiger partial charge in [-0.3, -0.25) is 0 Å². The molecule has 2 aliphatic rings. The number of unbranched alkanes of at least 4 members (excludes halogenated alkanes) is 1. The number of amides is 2. The van der Waals surface area contributed by atoms with Gasteiger partial charge in [-0.2, -0.15) is 0 Å². The minimum Gasteiger partial charge on any atom is -0.490 e. The van der Waals surface area contributed by atoms with Crippen molar-refractivity contribution < 1.29 is 23.8 Å². The molecule has 3 N–H and O–H groups in total. The van der Waals surface area contributed by atoms with Crippen molar-refractivity contribution in [1.29, 1.82) is 0 Å². The first-order chi connectivity index (χ1) is 18.1. The van der Waals surface area contributed by atoms with Gasteiger partial charge in [0, 0.05) is 50.9 Å². The Bertz CT molecular complexity index is 889. The molecule has 38 heavy (non-hydrogen) atoms. The Balaban J connectivity index is 1.82. The van der Waals surface area contributed by atoms with Gasteiger partial charge in [0.05, 0.1) is 12.2 Å². The van der Waals surface area contributed by atoms with Gasteiger partial charge < -0.3 is 30.1 Å². The zero-order chi connectivity index (χ0) is 27.8. The van der Waals surface area contributed by atoms with E-state index in [9.17, 15) is 9.90 Å². The van der Waals surface area contributed by atoms with Crippen LogP contribution in [0.2, 0.25) is 0 Å². The Morgan fingerprint density at radius 2 is 2.00 bits per heavy atom. The number of carbonyl (C=O) groups excluding carboxylic acids is 1. The van der Waals surface area contributed by atoms with Crippen molar-refractivity contribution in [3.05, 3.63) is 29.6 Å². The molecule has 1 aliphatic carbocycles. The maximum absolute atomic E-state index is 15.1. The average molecular weight is 536 g/mol. The summed E-state index contributed by atoms with van der Waals surface area (Å²) in [5.74, 6) is -0.0554. The fourth-order valence-electron chi connectivity index (χ4n) is 5.66. The molecule has 1 heterocycles. The molecule has 1 saturated heterocycles. The van der Waals surface area contributed by atoms with Gasteiger partial charge in [0.1, 0.15) is 0 Å². The highest BCUT2D eigenvalue weighted by atomic mass is 19.1. The lowest BCUT2D eigenvalue weighted by molar-refractivity contribution is -0.0584. The van der Waals surface area contributed by atoms with Crippen LogP contribution in [0, 0.1) is 23.1 Å². The summed E-state index contributed by atoms with van der Waals surface area (Å²) < 4.78 is 26.3. The number of benzene rings is 1. The molecule has 1 aliphatic heterocycles. The van der Waals surface area contributed by atoms with Gasteiger partial charge in [-0.25, -0.2) is 9.18 Å². The van der Waals surface area contributed by atoms with E-state index in [1.54, 1.807) is 19.2 Å². The monoisotopic (exact) mass is 535 g/mol. The molecule has 2 amide bonds. The average Bonchev–Trinajstić information content (AvgIpc) is 3.69. The molecule has 0 spiro atoms. The summed E-state index contributed by atoms with van der Waals surface area (Å²) in [5.41, 5.74) is -0.733. The molecule has 1 unspecified atom stereocenters. The number of methoxy groups -OCH3 is 1. The number of nitrogens with one attached hydrogen (secondary N) is 2. The molecule has 3 atom stereocenters. The Morgan fingerprint density at radius 1 is 1.24 bits per heavy atom. The molecular formula is C30H50FN3O4. The van der Waals surface area contributed by atoms with Gasteiger partial charge >= 0.3 is 6.03 Å². The smallest absolute Gasteiger partial charge is 0.317 e. The van der Waals surface area contributed by atoms with Crippen LogP contribution in [0.25, 0.3) is 0 Å². The molecule has 1 saturated carbocycles. The lowest BCUT2D eigenvalue weighted by Crippen LogP contribution is -2.54. The number of hydrogen-bond acceptors (Lipinski definition) is 5. The first kappa shape index (κ1) is 30.6. The van der Waals surface area contributed by atoms with Crippen LogP contribution in [-0.2, 0) is 10.3 Å². The predicted molar refractivity (Wildman–Crippen MR) is 149 cm³/mol. The zero-order valence-corrected chi connectivity index (χ0v) is 24.2. The minimum absolute atomic E-state index is 0.00597. The number of nitrogens with zero attached hydrogens (tertiary/aromatic N) is 1. The lowest BCUT2D eigenvalue weighted by atomic mass is 9.73. The number of likely N-dealkylation sites (tertiary alicyclic amines) is 1. The number of urea groups is 1. The number of carbonyl (C=O) groups is 1. The molecule has 1 aromatic carbocycles. The van der Waals surface area contributed by atoms with Crippen LogP contribution in [0.5, 0.6) is 5.75 Å². The first-order valence-corrected chi connectivity index (χ1v) is 14.4. The number of halogens is 1. The van der Waals surface area contributed by atoms with Gasteiger partial charge in [-0.05, 0) is 75.8 Å². The van der Waals surface area contributed by atoms with Crippen LogP contribution >= 0.6 is 0 Å². The van der Waals surface area contributed by atoms with Crippen molar-refractivity contribution in [2.24, 2.45) is 17.3 Å². The van der Waals surface area contributed by atoms with Gasteiger partial charge in [-0.1, -0.05) is 32.9 Å². The largest absolute Gasteiger partial charge is 0.490 e. The van der Waals surface area contributed by atoms with Gasteiger partial charge in [0.25, 0.3) is 0 Å². The van der Waals surface area contributed by atoms with Crippen molar-refractivity contribution in [3.63, 3.8) is 0 Å². The van der Waals surface area contributed by atoms with E-state index in [0.29, 0.717) is 50.8 Å². The Morgan fingerprint density at radius 3 is 2.66 bits per heavy atom. The molecule has 3 rings (SSSR count). The number of hydrogen-bond donors (Lipinski definition) is 3. The fraction of sp³-hybridized carbons (Fsp3) is 0.767. The SMILES string of the molecule is CNC[C@H](CC(C)(C)C)NC(=O)N1CCC[C@@H](C(O)(CCCCOC)c2cccc(F)c2OCC2CC2)C1. The highest BCUT2D eigenvalue weighted by Gasteiger charge is 2.44. The van der Waals surface area contributed by atoms with Crippen molar-refractivity contribution >= 4 is 6.03 Å². The van der Waals surface area contributed by atoms with E-state index in [1.807, 2.05) is 11.9 Å². The summed E-state index contributed by atoms with van der Waals surface area (Å²) in [6.45, 7) is 9.32. The number of ether oxygens (including phenoxy) is 2. The zero-order valence-electron chi connectivity index (χ0n) is 24.2. The van der Waals surface area contributed by atoms with Crippen LogP contribution in [0.1, 0.15) is 77.7 Å². The molecule has 8 heteroatoms. The molecule has 1 aromatic rings. The van der Waals surface area contributed by atoms with Crippen LogP contribution in [-0.4, -0.2) is 69.1 Å². The second-order valence-corrected chi connectivity index (χ2v) is 12.5. The lowest BCUT2D eigenvalue weighted by Gasteiger charge is -2.43. The maximum atomic E-state index is 15.1. The molecule has 0 radical (unpaired) electrons. The van der Waals surface area contributed by atoms with Crippen LogP contribution in [0.4, 0.5) is 9.18 Å². The van der Waals surface area contributed by atoms with Crippen molar-refractivity contribution in [3.8, 4) is 5.75 Å². The third-order valence-electron chi connectivity index (χ3n) is 7.77. The van der Waals surface area contributed by atoms with E-state index in [-0.39, 0.29) is 29.2 Å². The van der Waals surface area contributed by atoms with Crippen molar-refractivity contribution in [2.75, 3.05) is 47.0 Å². The van der Waals surface area contributed by atoms with Crippen LogP contribution in [0.15, 0.2) is 18.2 Å². The molecule has 2 fully saturated rings. The van der Waals surface area contributed by atoms with E-state index >= 15 is 4.39 Å². The summed E-state index contributed by atoms with van der Waals surface area (Å²) >= 11 is 0. The topological polar surface area (TPSA) is 83.1 Å². The molecular weight excluding hydrogens is 485 g/mol. The van der Waals surface area contributed by atoms with Crippen molar-refractivity contribution in [1.82, 2.24) is 15.5 Å². The summed E-state index contributed by atoms with van der Waals surface area (Å²) in [5, 5.41) is 18.8. The van der Waals surface area contributed by atoms with E-state index in [4.69, 9.17) is 9.47 Å². The Kier molecular flexibility index (Phi) is 11.2. The summed E-state index contributed by atoms with van der Waals surface area (Å²) in [4.78, 5) is 15.2. The highest BCUT2D eigenvalue weighted by molar-refractivity contribution is 5.74. The van der Waals surface area contributed by atoms with Gasteiger partial charge in [-0.15, -0.1) is 0 Å². The van der Waals surface area contributed by atoms with Gasteiger partial charge in [0.15, 0.2) is 11.6 Å². The summed E-state index contributed by atoms with van der Waals surface area (Å²) in [7, 11) is 3.56. The van der Waals surface area contributed by atoms with Crippen LogP contribution < -0.4 is 15.4 Å². The Labute approximate surface area is 228 Å². The summed E-state index contributed by atoms with van der Waals surface area (Å²) in [6, 6.07) is 4.75.